The summed E-state index contributed by atoms with van der Waals surface area (Å²) in [6, 6.07) is 0. The Bertz CT molecular complexity index is 1650. The van der Waals surface area contributed by atoms with Crippen molar-refractivity contribution in [3.8, 4) is 0 Å². The first-order chi connectivity index (χ1) is 39.7. The van der Waals surface area contributed by atoms with Gasteiger partial charge in [0.05, 0.1) is 26.4 Å². The van der Waals surface area contributed by atoms with Gasteiger partial charge in [-0.1, -0.05) is 260 Å². The van der Waals surface area contributed by atoms with Crippen LogP contribution in [0, 0.1) is 17.8 Å². The van der Waals surface area contributed by atoms with Gasteiger partial charge >= 0.3 is 39.5 Å². The molecule has 0 bridgehead atoms. The lowest BCUT2D eigenvalue weighted by atomic mass is 10.0. The molecule has 19 heteroatoms. The summed E-state index contributed by atoms with van der Waals surface area (Å²) in [5.74, 6) is 0.0272. The second-order valence-electron chi connectivity index (χ2n) is 24.6. The molecule has 0 radical (unpaired) electrons. The molecule has 0 aromatic heterocycles. The minimum atomic E-state index is -4.94. The van der Waals surface area contributed by atoms with Crippen molar-refractivity contribution in [1.29, 1.82) is 0 Å². The zero-order valence-corrected chi connectivity index (χ0v) is 55.4. The molecule has 0 aliphatic carbocycles. The molecule has 0 aromatic carbocycles. The van der Waals surface area contributed by atoms with E-state index < -0.39 is 97.5 Å². The maximum Gasteiger partial charge on any atom is 0.472 e. The van der Waals surface area contributed by atoms with Crippen molar-refractivity contribution in [3.05, 3.63) is 0 Å². The molecule has 2 unspecified atom stereocenters. The van der Waals surface area contributed by atoms with Crippen LogP contribution < -0.4 is 0 Å². The molecule has 3 N–H and O–H groups in total. The molecule has 0 aliphatic heterocycles. The van der Waals surface area contributed by atoms with Crippen LogP contribution in [0.5, 0.6) is 0 Å². The van der Waals surface area contributed by atoms with E-state index in [1.54, 1.807) is 0 Å². The fourth-order valence-corrected chi connectivity index (χ4v) is 11.1. The van der Waals surface area contributed by atoms with Gasteiger partial charge in [0, 0.05) is 25.7 Å². The van der Waals surface area contributed by atoms with E-state index in [2.05, 4.69) is 48.5 Å². The van der Waals surface area contributed by atoms with E-state index in [1.807, 2.05) is 0 Å². The standard InChI is InChI=1S/C64H124O17P2/c1-8-9-10-11-12-16-24-31-38-45-61(66)74-51-60(81-64(69)48-41-34-27-20-23-30-37-44-57(6)7)54-79-83(72,73)77-50-58(65)49-76-82(70,71)78-53-59(52-75-62(67)46-39-32-26-19-22-29-36-43-56(4)5)80-63(68)47-40-33-25-18-15-13-14-17-21-28-35-42-55(2)3/h55-60,65H,8-54H2,1-7H3,(H,70,71)(H,72,73)/t58-,59-,60-/m1/s1. The predicted octanol–water partition coefficient (Wildman–Crippen LogP) is 17.5. The summed E-state index contributed by atoms with van der Waals surface area (Å²) in [5, 5.41) is 10.5. The van der Waals surface area contributed by atoms with E-state index in [-0.39, 0.29) is 25.7 Å². The Morgan fingerprint density at radius 1 is 0.325 bits per heavy atom. The van der Waals surface area contributed by atoms with Crippen LogP contribution in [-0.2, 0) is 65.4 Å². The van der Waals surface area contributed by atoms with E-state index in [9.17, 15) is 43.2 Å². The van der Waals surface area contributed by atoms with Gasteiger partial charge in [-0.25, -0.2) is 9.13 Å². The van der Waals surface area contributed by atoms with Crippen molar-refractivity contribution in [3.63, 3.8) is 0 Å². The van der Waals surface area contributed by atoms with Gasteiger partial charge in [-0.2, -0.15) is 0 Å². The van der Waals surface area contributed by atoms with Crippen LogP contribution in [0.3, 0.4) is 0 Å². The molecule has 0 saturated carbocycles. The lowest BCUT2D eigenvalue weighted by Gasteiger charge is -2.21. The number of ether oxygens (including phenoxy) is 4. The minimum Gasteiger partial charge on any atom is -0.462 e. The Hall–Kier alpha value is -1.94. The minimum absolute atomic E-state index is 0.103. The monoisotopic (exact) mass is 1230 g/mol. The third kappa shape index (κ3) is 58.8. The van der Waals surface area contributed by atoms with Crippen molar-refractivity contribution in [2.75, 3.05) is 39.6 Å². The molecule has 492 valence electrons. The maximum absolute atomic E-state index is 13.0. The molecule has 83 heavy (non-hydrogen) atoms. The molecular weight excluding hydrogens is 1100 g/mol. The number of unbranched alkanes of at least 4 members (excludes halogenated alkanes) is 30. The molecule has 17 nitrogen and oxygen atoms in total. The average molecular weight is 1230 g/mol. The van der Waals surface area contributed by atoms with Crippen molar-refractivity contribution < 1.29 is 80.2 Å². The number of carbonyl (C=O) groups is 4. The maximum atomic E-state index is 13.0. The summed E-state index contributed by atoms with van der Waals surface area (Å²) in [4.78, 5) is 72.2. The molecule has 0 aliphatic rings. The highest BCUT2D eigenvalue weighted by atomic mass is 31.2. The van der Waals surface area contributed by atoms with Crippen LogP contribution in [0.1, 0.15) is 312 Å². The van der Waals surface area contributed by atoms with Crippen molar-refractivity contribution in [2.24, 2.45) is 17.8 Å². The molecule has 0 amide bonds. The van der Waals surface area contributed by atoms with Crippen molar-refractivity contribution in [1.82, 2.24) is 0 Å². The Balaban J connectivity index is 5.24. The van der Waals surface area contributed by atoms with E-state index >= 15 is 0 Å². The molecule has 0 spiro atoms. The highest BCUT2D eigenvalue weighted by Crippen LogP contribution is 2.45. The fraction of sp³-hybridized carbons (Fsp3) is 0.938. The highest BCUT2D eigenvalue weighted by Gasteiger charge is 2.30. The SMILES string of the molecule is CCCCCCCCCCCC(=O)OC[C@H](COP(=O)(O)OC[C@H](O)COP(=O)(O)OC[C@@H](COC(=O)CCCCCCCCCC(C)C)OC(=O)CCCCCCCCCCCCCC(C)C)OC(=O)CCCCCCCCCC(C)C. The molecule has 0 rings (SSSR count). The molecular formula is C64H124O17P2. The topological polar surface area (TPSA) is 237 Å². The summed E-state index contributed by atoms with van der Waals surface area (Å²) >= 11 is 0. The normalized spacial score (nSPS) is 14.4. The van der Waals surface area contributed by atoms with E-state index in [4.69, 9.17) is 37.0 Å². The smallest absolute Gasteiger partial charge is 0.462 e. The highest BCUT2D eigenvalue weighted by molar-refractivity contribution is 7.47. The first-order valence-electron chi connectivity index (χ1n) is 33.3. The fourth-order valence-electron chi connectivity index (χ4n) is 9.48. The number of esters is 4. The second-order valence-corrected chi connectivity index (χ2v) is 27.5. The number of hydrogen-bond donors (Lipinski definition) is 3. The lowest BCUT2D eigenvalue weighted by molar-refractivity contribution is -0.161. The largest absolute Gasteiger partial charge is 0.472 e. The summed E-state index contributed by atoms with van der Waals surface area (Å²) in [6.45, 7) is 11.7. The quantitative estimate of drug-likeness (QED) is 0.0222. The van der Waals surface area contributed by atoms with Crippen molar-refractivity contribution >= 4 is 39.5 Å². The van der Waals surface area contributed by atoms with E-state index in [0.717, 1.165) is 102 Å². The average Bonchev–Trinajstić information content (AvgIpc) is 3.43. The Morgan fingerprint density at radius 2 is 0.554 bits per heavy atom. The molecule has 5 atom stereocenters. The van der Waals surface area contributed by atoms with Gasteiger partial charge in [0.25, 0.3) is 0 Å². The second kappa shape index (κ2) is 55.4. The number of aliphatic hydroxyl groups is 1. The number of aliphatic hydroxyl groups excluding tert-OH is 1. The lowest BCUT2D eigenvalue weighted by Crippen LogP contribution is -2.30. The Morgan fingerprint density at radius 3 is 0.819 bits per heavy atom. The van der Waals surface area contributed by atoms with Crippen LogP contribution in [0.15, 0.2) is 0 Å². The molecule has 0 heterocycles. The first kappa shape index (κ1) is 81.1. The van der Waals surface area contributed by atoms with Crippen LogP contribution >= 0.6 is 15.6 Å². The first-order valence-corrected chi connectivity index (χ1v) is 36.3. The molecule has 0 saturated heterocycles. The Kier molecular flexibility index (Phi) is 54.1. The summed E-state index contributed by atoms with van der Waals surface area (Å²) in [6.07, 6.45) is 36.3. The van der Waals surface area contributed by atoms with Crippen LogP contribution in [0.25, 0.3) is 0 Å². The van der Waals surface area contributed by atoms with Gasteiger partial charge in [0.1, 0.15) is 19.3 Å². The third-order valence-corrected chi connectivity index (χ3v) is 16.5. The number of rotatable bonds is 62. The third-order valence-electron chi connectivity index (χ3n) is 14.6. The number of phosphoric acid groups is 2. The van der Waals surface area contributed by atoms with Gasteiger partial charge in [-0.05, 0) is 43.4 Å². The van der Waals surface area contributed by atoms with Gasteiger partial charge in [0.2, 0.25) is 0 Å². The van der Waals surface area contributed by atoms with Crippen molar-refractivity contribution in [2.45, 2.75) is 330 Å². The van der Waals surface area contributed by atoms with Gasteiger partial charge in [-0.3, -0.25) is 37.3 Å². The predicted molar refractivity (Wildman–Crippen MR) is 331 cm³/mol. The zero-order valence-electron chi connectivity index (χ0n) is 53.6. The molecule has 0 aromatic rings. The van der Waals surface area contributed by atoms with Crippen LogP contribution in [0.2, 0.25) is 0 Å². The molecule has 0 fully saturated rings. The van der Waals surface area contributed by atoms with Crippen LogP contribution in [0.4, 0.5) is 0 Å². The van der Waals surface area contributed by atoms with Crippen LogP contribution in [-0.4, -0.2) is 96.7 Å². The summed E-state index contributed by atoms with van der Waals surface area (Å²) < 4.78 is 67.9. The number of phosphoric ester groups is 2. The van der Waals surface area contributed by atoms with E-state index in [1.165, 1.54) is 116 Å². The zero-order chi connectivity index (χ0) is 61.7. The number of carbonyl (C=O) groups excluding carboxylic acids is 4. The number of hydrogen-bond acceptors (Lipinski definition) is 15. The summed E-state index contributed by atoms with van der Waals surface area (Å²) in [7, 11) is -9.89. The van der Waals surface area contributed by atoms with Gasteiger partial charge in [0.15, 0.2) is 12.2 Å². The van der Waals surface area contributed by atoms with Gasteiger partial charge in [-0.15, -0.1) is 0 Å². The van der Waals surface area contributed by atoms with Gasteiger partial charge < -0.3 is 33.8 Å². The Labute approximate surface area is 505 Å². The summed E-state index contributed by atoms with van der Waals surface area (Å²) in [5.41, 5.74) is 0. The van der Waals surface area contributed by atoms with E-state index in [0.29, 0.717) is 37.5 Å².